The van der Waals surface area contributed by atoms with Gasteiger partial charge in [-0.05, 0) is 67.6 Å². The molecular weight excluding hydrogens is 440 g/mol. The number of carbonyl (C=O) groups is 2. The normalized spacial score (nSPS) is 15.8. The van der Waals surface area contributed by atoms with E-state index in [9.17, 15) is 9.59 Å². The summed E-state index contributed by atoms with van der Waals surface area (Å²) in [5.41, 5.74) is 4.39. The fourth-order valence-electron chi connectivity index (χ4n) is 4.87. The Balaban J connectivity index is 0.00000190. The number of benzene rings is 2. The molecule has 0 saturated carbocycles. The highest BCUT2D eigenvalue weighted by atomic mass is 16.2. The minimum Gasteiger partial charge on any atom is -0.338 e. The highest BCUT2D eigenvalue weighted by Crippen LogP contribution is 2.34. The molecule has 8 nitrogen and oxygen atoms in total. The van der Waals surface area contributed by atoms with E-state index in [1.165, 1.54) is 10.2 Å². The van der Waals surface area contributed by atoms with Crippen molar-refractivity contribution in [1.82, 2.24) is 24.6 Å². The first kappa shape index (κ1) is 22.6. The minimum absolute atomic E-state index is 0. The first-order valence-corrected chi connectivity index (χ1v) is 11.8. The number of rotatable bonds is 6. The largest absolute Gasteiger partial charge is 0.338 e. The van der Waals surface area contributed by atoms with Gasteiger partial charge in [0.1, 0.15) is 17.6 Å². The second-order valence-corrected chi connectivity index (χ2v) is 8.87. The quantitative estimate of drug-likeness (QED) is 0.438. The van der Waals surface area contributed by atoms with Crippen LogP contribution in [0.25, 0.3) is 5.69 Å². The van der Waals surface area contributed by atoms with Gasteiger partial charge < -0.3 is 15.2 Å². The Bertz CT molecular complexity index is 1370. The molecule has 0 bridgehead atoms. The molecule has 2 N–H and O–H groups in total. The maximum absolute atomic E-state index is 13.6. The maximum Gasteiger partial charge on any atom is 0.270 e. The standard InChI is InChI=1S/C27H28N6O2.2H2/c1-18-28-16-17-33(18)21-12-10-20(11-13-21)30-27(35)25(31-26(34)24-14-15-29-32(24)2)23-9-5-7-19-6-3-4-8-22(19)23;;/h3-4,6,8,10-17,23,25H,5,7,9H2,1-2H3,(H,30,35)(H,31,34);2*1H/t23-,25+;;/m1../s1. The summed E-state index contributed by atoms with van der Waals surface area (Å²) in [6.45, 7) is 1.94. The maximum atomic E-state index is 13.6. The molecule has 182 valence electrons. The molecule has 0 spiro atoms. The van der Waals surface area contributed by atoms with E-state index < -0.39 is 6.04 Å². The first-order chi connectivity index (χ1) is 17.0. The summed E-state index contributed by atoms with van der Waals surface area (Å²) in [5.74, 6) is 0.202. The lowest BCUT2D eigenvalue weighted by Crippen LogP contribution is -2.48. The Morgan fingerprint density at radius 1 is 1.09 bits per heavy atom. The van der Waals surface area contributed by atoms with Crippen molar-refractivity contribution in [2.75, 3.05) is 5.32 Å². The molecular formula is C27H32N6O2. The van der Waals surface area contributed by atoms with Crippen LogP contribution in [0.15, 0.2) is 73.2 Å². The van der Waals surface area contributed by atoms with E-state index in [2.05, 4.69) is 32.8 Å². The van der Waals surface area contributed by atoms with Crippen molar-refractivity contribution in [3.63, 3.8) is 0 Å². The Morgan fingerprint density at radius 3 is 2.60 bits per heavy atom. The molecule has 1 aliphatic rings. The number of fused-ring (bicyclic) bond motifs is 1. The van der Waals surface area contributed by atoms with Crippen LogP contribution in [0.3, 0.4) is 0 Å². The fraction of sp³-hybridized carbons (Fsp3) is 0.259. The van der Waals surface area contributed by atoms with Crippen molar-refractivity contribution in [1.29, 1.82) is 0 Å². The summed E-state index contributed by atoms with van der Waals surface area (Å²) in [6.07, 6.45) is 7.98. The van der Waals surface area contributed by atoms with E-state index in [1.54, 1.807) is 25.5 Å². The van der Waals surface area contributed by atoms with Crippen LogP contribution in [0.4, 0.5) is 5.69 Å². The number of nitrogens with one attached hydrogen (secondary N) is 2. The SMILES string of the molecule is Cc1nccn1-c1ccc(NC(=O)[C@@H](NC(=O)c2ccnn2C)[C@@H]2CCCc3ccccc32)cc1.[HH].[HH]. The Labute approximate surface area is 207 Å². The van der Waals surface area contributed by atoms with Gasteiger partial charge in [-0.15, -0.1) is 0 Å². The van der Waals surface area contributed by atoms with Crippen molar-refractivity contribution >= 4 is 17.5 Å². The minimum atomic E-state index is -0.727. The summed E-state index contributed by atoms with van der Waals surface area (Å²) in [5, 5.41) is 10.1. The van der Waals surface area contributed by atoms with Crippen LogP contribution in [0.2, 0.25) is 0 Å². The number of imidazole rings is 1. The molecule has 4 aromatic rings. The lowest BCUT2D eigenvalue weighted by Gasteiger charge is -2.32. The molecule has 2 aromatic heterocycles. The number of amides is 2. The molecule has 35 heavy (non-hydrogen) atoms. The van der Waals surface area contributed by atoms with Crippen LogP contribution >= 0.6 is 0 Å². The van der Waals surface area contributed by atoms with Crippen molar-refractivity contribution in [3.8, 4) is 5.69 Å². The Hall–Kier alpha value is -4.20. The lowest BCUT2D eigenvalue weighted by molar-refractivity contribution is -0.118. The van der Waals surface area contributed by atoms with Crippen LogP contribution in [-0.4, -0.2) is 37.2 Å². The molecule has 1 aliphatic carbocycles. The van der Waals surface area contributed by atoms with E-state index in [0.29, 0.717) is 11.4 Å². The van der Waals surface area contributed by atoms with Gasteiger partial charge in [-0.1, -0.05) is 24.3 Å². The summed E-state index contributed by atoms with van der Waals surface area (Å²) in [6, 6.07) is 16.7. The predicted molar refractivity (Wildman–Crippen MR) is 138 cm³/mol. The van der Waals surface area contributed by atoms with Gasteiger partial charge in [-0.2, -0.15) is 5.10 Å². The van der Waals surface area contributed by atoms with Gasteiger partial charge in [0.25, 0.3) is 5.91 Å². The topological polar surface area (TPSA) is 93.8 Å². The van der Waals surface area contributed by atoms with Gasteiger partial charge in [0.2, 0.25) is 5.91 Å². The third-order valence-corrected chi connectivity index (χ3v) is 6.68. The Morgan fingerprint density at radius 2 is 1.89 bits per heavy atom. The zero-order valence-electron chi connectivity index (χ0n) is 19.8. The van der Waals surface area contributed by atoms with Gasteiger partial charge in [-0.3, -0.25) is 14.3 Å². The van der Waals surface area contributed by atoms with Crippen LogP contribution in [0, 0.1) is 6.92 Å². The highest BCUT2D eigenvalue weighted by Gasteiger charge is 2.34. The van der Waals surface area contributed by atoms with Gasteiger partial charge in [0.15, 0.2) is 0 Å². The van der Waals surface area contributed by atoms with Crippen LogP contribution in [-0.2, 0) is 18.3 Å². The summed E-state index contributed by atoms with van der Waals surface area (Å²) < 4.78 is 3.48. The molecule has 2 aromatic carbocycles. The average molecular weight is 473 g/mol. The molecule has 2 heterocycles. The number of aryl methyl sites for hydroxylation is 3. The van der Waals surface area contributed by atoms with Gasteiger partial charge in [0, 0.05) is 45.8 Å². The number of hydrogen-bond acceptors (Lipinski definition) is 4. The van der Waals surface area contributed by atoms with E-state index >= 15 is 0 Å². The van der Waals surface area contributed by atoms with E-state index in [4.69, 9.17) is 0 Å². The van der Waals surface area contributed by atoms with Crippen molar-refractivity contribution < 1.29 is 12.4 Å². The molecule has 2 amide bonds. The Kier molecular flexibility index (Phi) is 6.18. The number of anilines is 1. The molecule has 0 fully saturated rings. The summed E-state index contributed by atoms with van der Waals surface area (Å²) in [7, 11) is 1.71. The number of aromatic nitrogens is 4. The number of nitrogens with zero attached hydrogens (tertiary/aromatic N) is 4. The molecule has 0 radical (unpaired) electrons. The number of hydrogen-bond donors (Lipinski definition) is 2. The van der Waals surface area contributed by atoms with Crippen LogP contribution < -0.4 is 10.6 Å². The van der Waals surface area contributed by atoms with Crippen molar-refractivity contribution in [2.45, 2.75) is 38.1 Å². The third-order valence-electron chi connectivity index (χ3n) is 6.68. The van der Waals surface area contributed by atoms with E-state index in [0.717, 1.165) is 36.3 Å². The molecule has 0 aliphatic heterocycles. The van der Waals surface area contributed by atoms with Gasteiger partial charge >= 0.3 is 0 Å². The van der Waals surface area contributed by atoms with E-state index in [1.807, 2.05) is 54.1 Å². The predicted octanol–water partition coefficient (Wildman–Crippen LogP) is 4.26. The van der Waals surface area contributed by atoms with Crippen LogP contribution in [0.1, 0.15) is 49.1 Å². The van der Waals surface area contributed by atoms with Crippen molar-refractivity contribution in [3.05, 3.63) is 95.8 Å². The fourth-order valence-corrected chi connectivity index (χ4v) is 4.87. The summed E-state index contributed by atoms with van der Waals surface area (Å²) in [4.78, 5) is 31.0. The molecule has 5 rings (SSSR count). The monoisotopic (exact) mass is 472 g/mol. The number of carbonyl (C=O) groups excluding carboxylic acids is 2. The summed E-state index contributed by atoms with van der Waals surface area (Å²) >= 11 is 0. The lowest BCUT2D eigenvalue weighted by atomic mass is 9.78. The zero-order chi connectivity index (χ0) is 24.4. The van der Waals surface area contributed by atoms with Gasteiger partial charge in [-0.25, -0.2) is 4.98 Å². The third kappa shape index (κ3) is 4.59. The molecule has 8 heteroatoms. The molecule has 2 atom stereocenters. The van der Waals surface area contributed by atoms with Crippen LogP contribution in [0.5, 0.6) is 0 Å². The highest BCUT2D eigenvalue weighted by molar-refractivity contribution is 6.01. The van der Waals surface area contributed by atoms with Crippen molar-refractivity contribution in [2.24, 2.45) is 7.05 Å². The first-order valence-electron chi connectivity index (χ1n) is 11.8. The molecule has 0 saturated heterocycles. The molecule has 0 unspecified atom stereocenters. The average Bonchev–Trinajstić information content (AvgIpc) is 3.50. The van der Waals surface area contributed by atoms with E-state index in [-0.39, 0.29) is 20.6 Å². The van der Waals surface area contributed by atoms with Gasteiger partial charge in [0.05, 0.1) is 0 Å². The second kappa shape index (κ2) is 9.58. The second-order valence-electron chi connectivity index (χ2n) is 8.87. The zero-order valence-corrected chi connectivity index (χ0v) is 19.8. The smallest absolute Gasteiger partial charge is 0.270 e.